The van der Waals surface area contributed by atoms with E-state index in [-0.39, 0.29) is 0 Å². The molecule has 0 spiro atoms. The van der Waals surface area contributed by atoms with Crippen molar-refractivity contribution in [1.82, 2.24) is 9.88 Å². The number of anilines is 1. The van der Waals surface area contributed by atoms with Crippen LogP contribution < -0.4 is 19.1 Å². The molecule has 0 atom stereocenters. The van der Waals surface area contributed by atoms with Crippen LogP contribution in [0.2, 0.25) is 0 Å². The number of piperazine rings is 1. The van der Waals surface area contributed by atoms with Gasteiger partial charge in [-0.2, -0.15) is 26.3 Å². The number of methoxy groups -OCH3 is 3. The van der Waals surface area contributed by atoms with E-state index in [1.54, 1.807) is 21.3 Å². The Morgan fingerprint density at radius 3 is 1.75 bits per heavy atom. The Kier molecular flexibility index (Phi) is 12.8. The highest BCUT2D eigenvalue weighted by Crippen LogP contribution is 2.40. The molecular weight excluding hydrogens is 556 g/mol. The average molecular weight is 585 g/mol. The summed E-state index contributed by atoms with van der Waals surface area (Å²) in [5, 5.41) is 14.2. The molecule has 0 unspecified atom stereocenters. The maximum atomic E-state index is 10.6. The molecule has 0 radical (unpaired) electrons. The van der Waals surface area contributed by atoms with Gasteiger partial charge in [0, 0.05) is 56.4 Å². The highest BCUT2D eigenvalue weighted by molar-refractivity contribution is 5.73. The number of aliphatic carboxylic acids is 2. The number of nitrogens with zero attached hydrogens (tertiary/aromatic N) is 3. The standard InChI is InChI=1S/C20H27N3O3.2C2HF3O2/c1-15-13-21-8-7-17(15)23-11-9-22(10-12-23)14-16-5-6-18(24-2)20(26-4)19(16)25-3;2*3-2(4,5)1(6)7/h5-8,13H,9-12,14H2,1-4H3;2*(H,6,7). The number of ether oxygens (including phenoxy) is 3. The smallest absolute Gasteiger partial charge is 0.490 e. The van der Waals surface area contributed by atoms with E-state index < -0.39 is 24.3 Å². The van der Waals surface area contributed by atoms with Gasteiger partial charge >= 0.3 is 24.3 Å². The third kappa shape index (κ3) is 10.3. The molecule has 1 aromatic heterocycles. The largest absolute Gasteiger partial charge is 0.493 e. The van der Waals surface area contributed by atoms with E-state index in [4.69, 9.17) is 34.0 Å². The first-order chi connectivity index (χ1) is 18.6. The fourth-order valence-corrected chi connectivity index (χ4v) is 3.50. The van der Waals surface area contributed by atoms with Gasteiger partial charge in [0.25, 0.3) is 0 Å². The van der Waals surface area contributed by atoms with E-state index in [1.807, 2.05) is 18.5 Å². The number of benzene rings is 1. The maximum absolute atomic E-state index is 10.6. The number of carboxylic acid groups (broad SMARTS) is 2. The summed E-state index contributed by atoms with van der Waals surface area (Å²) in [6.07, 6.45) is -6.38. The van der Waals surface area contributed by atoms with Crippen molar-refractivity contribution in [2.75, 3.05) is 52.4 Å². The van der Waals surface area contributed by atoms with Gasteiger partial charge in [0.2, 0.25) is 5.75 Å². The second-order valence-electron chi connectivity index (χ2n) is 8.02. The van der Waals surface area contributed by atoms with Crippen molar-refractivity contribution >= 4 is 17.6 Å². The molecule has 1 saturated heterocycles. The fourth-order valence-electron chi connectivity index (χ4n) is 3.50. The van der Waals surface area contributed by atoms with E-state index in [9.17, 15) is 26.3 Å². The van der Waals surface area contributed by atoms with Crippen LogP contribution in [-0.4, -0.2) is 91.9 Å². The van der Waals surface area contributed by atoms with E-state index in [0.29, 0.717) is 11.5 Å². The number of carboxylic acids is 2. The van der Waals surface area contributed by atoms with Crippen molar-refractivity contribution in [2.45, 2.75) is 25.8 Å². The van der Waals surface area contributed by atoms with Gasteiger partial charge in [-0.15, -0.1) is 0 Å². The summed E-state index contributed by atoms with van der Waals surface area (Å²) in [5.41, 5.74) is 3.62. The van der Waals surface area contributed by atoms with Gasteiger partial charge < -0.3 is 29.3 Å². The van der Waals surface area contributed by atoms with Gasteiger partial charge in [0.05, 0.1) is 21.3 Å². The first kappa shape index (κ1) is 34.1. The van der Waals surface area contributed by atoms with Crippen molar-refractivity contribution in [1.29, 1.82) is 0 Å². The molecule has 1 fully saturated rings. The molecule has 0 aliphatic carbocycles. The first-order valence-electron chi connectivity index (χ1n) is 11.3. The van der Waals surface area contributed by atoms with Crippen LogP contribution in [0.4, 0.5) is 32.0 Å². The Balaban J connectivity index is 0.000000473. The van der Waals surface area contributed by atoms with Crippen molar-refractivity contribution in [3.8, 4) is 17.2 Å². The SMILES string of the molecule is COc1ccc(CN2CCN(c3ccncc3C)CC2)c(OC)c1OC.O=C(O)C(F)(F)F.O=C(O)C(F)(F)F. The molecule has 10 nitrogen and oxygen atoms in total. The van der Waals surface area contributed by atoms with Crippen LogP contribution in [0, 0.1) is 6.92 Å². The Morgan fingerprint density at radius 2 is 1.35 bits per heavy atom. The lowest BCUT2D eigenvalue weighted by molar-refractivity contribution is -0.193. The van der Waals surface area contributed by atoms with Gasteiger partial charge in [-0.3, -0.25) is 9.88 Å². The third-order valence-electron chi connectivity index (χ3n) is 5.37. The predicted octanol–water partition coefficient (Wildman–Crippen LogP) is 4.00. The number of aryl methyl sites for hydroxylation is 1. The molecule has 0 amide bonds. The van der Waals surface area contributed by atoms with Crippen molar-refractivity contribution in [3.63, 3.8) is 0 Å². The van der Waals surface area contributed by atoms with Gasteiger partial charge in [-0.05, 0) is 24.6 Å². The number of halogens is 6. The lowest BCUT2D eigenvalue weighted by Gasteiger charge is -2.37. The second kappa shape index (κ2) is 15.0. The van der Waals surface area contributed by atoms with Crippen LogP contribution in [0.3, 0.4) is 0 Å². The summed E-state index contributed by atoms with van der Waals surface area (Å²) >= 11 is 0. The molecule has 224 valence electrons. The Labute approximate surface area is 225 Å². The lowest BCUT2D eigenvalue weighted by atomic mass is 10.1. The minimum Gasteiger partial charge on any atom is -0.493 e. The summed E-state index contributed by atoms with van der Waals surface area (Å²) in [6.45, 7) is 6.94. The molecule has 2 heterocycles. The van der Waals surface area contributed by atoms with Crippen LogP contribution in [0.1, 0.15) is 11.1 Å². The fraction of sp³-hybridized carbons (Fsp3) is 0.458. The van der Waals surface area contributed by atoms with Gasteiger partial charge in [-0.25, -0.2) is 9.59 Å². The highest BCUT2D eigenvalue weighted by Gasteiger charge is 2.38. The minimum atomic E-state index is -5.08. The van der Waals surface area contributed by atoms with Gasteiger partial charge in [0.1, 0.15) is 0 Å². The Bertz CT molecular complexity index is 1100. The Hall–Kier alpha value is -3.95. The monoisotopic (exact) mass is 585 g/mol. The Morgan fingerprint density at radius 1 is 0.850 bits per heavy atom. The summed E-state index contributed by atoms with van der Waals surface area (Å²) in [4.78, 5) is 26.8. The molecule has 0 bridgehead atoms. The molecule has 1 aliphatic rings. The number of pyridine rings is 1. The quantitative estimate of drug-likeness (QED) is 0.481. The lowest BCUT2D eigenvalue weighted by Crippen LogP contribution is -2.46. The molecular formula is C24H29F6N3O7. The number of alkyl halides is 6. The summed E-state index contributed by atoms with van der Waals surface area (Å²) < 4.78 is 79.9. The summed E-state index contributed by atoms with van der Waals surface area (Å²) in [6, 6.07) is 6.09. The zero-order valence-corrected chi connectivity index (χ0v) is 22.0. The van der Waals surface area contributed by atoms with Crippen LogP contribution in [-0.2, 0) is 16.1 Å². The maximum Gasteiger partial charge on any atom is 0.490 e. The summed E-state index contributed by atoms with van der Waals surface area (Å²) in [7, 11) is 4.95. The van der Waals surface area contributed by atoms with Crippen LogP contribution >= 0.6 is 0 Å². The van der Waals surface area contributed by atoms with Gasteiger partial charge in [-0.1, -0.05) is 6.07 Å². The average Bonchev–Trinajstić information content (AvgIpc) is 2.88. The molecule has 1 aliphatic heterocycles. The third-order valence-corrected chi connectivity index (χ3v) is 5.37. The van der Waals surface area contributed by atoms with Crippen LogP contribution in [0.25, 0.3) is 0 Å². The van der Waals surface area contributed by atoms with Crippen LogP contribution in [0.5, 0.6) is 17.2 Å². The molecule has 0 saturated carbocycles. The summed E-state index contributed by atoms with van der Waals surface area (Å²) in [5.74, 6) is -3.43. The van der Waals surface area contributed by atoms with E-state index in [2.05, 4.69) is 33.8 Å². The van der Waals surface area contributed by atoms with E-state index in [1.165, 1.54) is 11.3 Å². The highest BCUT2D eigenvalue weighted by atomic mass is 19.4. The topological polar surface area (TPSA) is 122 Å². The molecule has 16 heteroatoms. The minimum absolute atomic E-state index is 0.651. The zero-order valence-electron chi connectivity index (χ0n) is 22.0. The molecule has 3 rings (SSSR count). The molecule has 2 aromatic rings. The molecule has 40 heavy (non-hydrogen) atoms. The number of aromatic nitrogens is 1. The number of hydrogen-bond donors (Lipinski definition) is 2. The van der Waals surface area contributed by atoms with Crippen molar-refractivity contribution in [3.05, 3.63) is 41.7 Å². The number of carbonyl (C=O) groups is 2. The normalized spacial score (nSPS) is 13.7. The van der Waals surface area contributed by atoms with E-state index in [0.717, 1.165) is 44.0 Å². The second-order valence-corrected chi connectivity index (χ2v) is 8.02. The zero-order chi connectivity index (χ0) is 30.7. The predicted molar refractivity (Wildman–Crippen MR) is 130 cm³/mol. The van der Waals surface area contributed by atoms with Gasteiger partial charge in [0.15, 0.2) is 11.5 Å². The van der Waals surface area contributed by atoms with Crippen LogP contribution in [0.15, 0.2) is 30.6 Å². The first-order valence-corrected chi connectivity index (χ1v) is 11.3. The van der Waals surface area contributed by atoms with Crippen molar-refractivity contribution in [2.24, 2.45) is 0 Å². The van der Waals surface area contributed by atoms with Crippen molar-refractivity contribution < 1.29 is 60.4 Å². The molecule has 2 N–H and O–H groups in total. The number of hydrogen-bond acceptors (Lipinski definition) is 8. The molecule has 1 aromatic carbocycles. The number of rotatable bonds is 6. The van der Waals surface area contributed by atoms with E-state index >= 15 is 0 Å².